The van der Waals surface area contributed by atoms with E-state index in [0.29, 0.717) is 5.56 Å². The summed E-state index contributed by atoms with van der Waals surface area (Å²) in [7, 11) is 0. The summed E-state index contributed by atoms with van der Waals surface area (Å²) in [5.74, 6) is -0.456. The monoisotopic (exact) mass is 275 g/mol. The summed E-state index contributed by atoms with van der Waals surface area (Å²) in [6.07, 6.45) is -0.728. The normalized spacial score (nSPS) is 9.95. The number of benzene rings is 1. The maximum atomic E-state index is 12.0. The Balaban J connectivity index is 2.25. The molecule has 0 unspecified atom stereocenters. The first kappa shape index (κ1) is 13.3. The van der Waals surface area contributed by atoms with Gasteiger partial charge in [0.05, 0.1) is 6.61 Å². The average molecular weight is 275 g/mol. The van der Waals surface area contributed by atoms with Crippen molar-refractivity contribution in [3.8, 4) is 10.4 Å². The maximum Gasteiger partial charge on any atom is 0.414 e. The Morgan fingerprint density at radius 3 is 2.68 bits per heavy atom. The lowest BCUT2D eigenvalue weighted by Gasteiger charge is -2.08. The fourth-order valence-electron chi connectivity index (χ4n) is 1.66. The topological polar surface area (TPSA) is 55.4 Å². The second kappa shape index (κ2) is 6.15. The van der Waals surface area contributed by atoms with E-state index in [2.05, 4.69) is 5.32 Å². The van der Waals surface area contributed by atoms with Gasteiger partial charge in [-0.25, -0.2) is 4.79 Å². The third-order valence-corrected chi connectivity index (χ3v) is 3.35. The number of hydrogen-bond donors (Lipinski definition) is 1. The van der Waals surface area contributed by atoms with Crippen molar-refractivity contribution >= 4 is 23.3 Å². The van der Waals surface area contributed by atoms with Crippen LogP contribution in [-0.4, -0.2) is 18.6 Å². The van der Waals surface area contributed by atoms with Crippen LogP contribution >= 0.6 is 11.3 Å². The van der Waals surface area contributed by atoms with Gasteiger partial charge < -0.3 is 4.74 Å². The Morgan fingerprint density at radius 2 is 2.00 bits per heavy atom. The third-order valence-electron chi connectivity index (χ3n) is 2.45. The number of thiophene rings is 1. The third kappa shape index (κ3) is 3.20. The molecule has 2 aromatic rings. The van der Waals surface area contributed by atoms with Crippen molar-refractivity contribution in [3.63, 3.8) is 0 Å². The summed E-state index contributed by atoms with van der Waals surface area (Å²) in [5, 5.41) is 4.14. The molecule has 4 nitrogen and oxygen atoms in total. The van der Waals surface area contributed by atoms with Crippen molar-refractivity contribution in [2.45, 2.75) is 6.92 Å². The summed E-state index contributed by atoms with van der Waals surface area (Å²) in [6.45, 7) is 1.91. The van der Waals surface area contributed by atoms with Crippen LogP contribution in [0.4, 0.5) is 4.79 Å². The zero-order valence-corrected chi connectivity index (χ0v) is 11.2. The first-order chi connectivity index (χ1) is 9.22. The lowest BCUT2D eigenvalue weighted by atomic mass is 10.1. The zero-order valence-electron chi connectivity index (χ0n) is 10.4. The van der Waals surface area contributed by atoms with E-state index < -0.39 is 12.0 Å². The number of imide groups is 1. The molecule has 1 N–H and O–H groups in total. The van der Waals surface area contributed by atoms with Crippen LogP contribution in [-0.2, 0) is 4.74 Å². The molecule has 1 heterocycles. The van der Waals surface area contributed by atoms with Gasteiger partial charge in [0.1, 0.15) is 0 Å². The smallest absolute Gasteiger partial charge is 0.414 e. The highest BCUT2D eigenvalue weighted by Crippen LogP contribution is 2.27. The molecule has 1 aromatic carbocycles. The van der Waals surface area contributed by atoms with Gasteiger partial charge in [-0.1, -0.05) is 24.3 Å². The van der Waals surface area contributed by atoms with Crippen LogP contribution in [0.3, 0.4) is 0 Å². The highest BCUT2D eigenvalue weighted by molar-refractivity contribution is 7.13. The zero-order chi connectivity index (χ0) is 13.7. The summed E-state index contributed by atoms with van der Waals surface area (Å²) >= 11 is 1.54. The van der Waals surface area contributed by atoms with Crippen LogP contribution in [0.2, 0.25) is 0 Å². The SMILES string of the molecule is CCOC(=O)NC(=O)c1ccccc1-c1cccs1. The summed E-state index contributed by atoms with van der Waals surface area (Å²) in [4.78, 5) is 24.3. The number of nitrogens with one attached hydrogen (secondary N) is 1. The van der Waals surface area contributed by atoms with Gasteiger partial charge in [0.2, 0.25) is 0 Å². The number of amides is 2. The molecule has 0 aliphatic heterocycles. The van der Waals surface area contributed by atoms with Gasteiger partial charge in [-0.05, 0) is 24.4 Å². The Bertz CT molecular complexity index is 578. The van der Waals surface area contributed by atoms with Crippen LogP contribution in [0.5, 0.6) is 0 Å². The molecule has 0 aliphatic carbocycles. The van der Waals surface area contributed by atoms with E-state index in [9.17, 15) is 9.59 Å². The van der Waals surface area contributed by atoms with Gasteiger partial charge in [0, 0.05) is 16.0 Å². The minimum absolute atomic E-state index is 0.228. The summed E-state index contributed by atoms with van der Waals surface area (Å²) in [6, 6.07) is 11.0. The molecule has 19 heavy (non-hydrogen) atoms. The fourth-order valence-corrected chi connectivity index (χ4v) is 2.42. The minimum atomic E-state index is -0.728. The molecule has 0 radical (unpaired) electrons. The average Bonchev–Trinajstić information content (AvgIpc) is 2.92. The fraction of sp³-hybridized carbons (Fsp3) is 0.143. The molecule has 0 saturated heterocycles. The number of carbonyl (C=O) groups excluding carboxylic acids is 2. The number of rotatable bonds is 3. The van der Waals surface area contributed by atoms with Crippen LogP contribution in [0.25, 0.3) is 10.4 Å². The molecule has 1 aromatic heterocycles. The maximum absolute atomic E-state index is 12.0. The van der Waals surface area contributed by atoms with E-state index >= 15 is 0 Å². The predicted octanol–water partition coefficient (Wildman–Crippen LogP) is 3.30. The van der Waals surface area contributed by atoms with Gasteiger partial charge in [-0.15, -0.1) is 11.3 Å². The van der Waals surface area contributed by atoms with E-state index in [-0.39, 0.29) is 6.61 Å². The minimum Gasteiger partial charge on any atom is -0.450 e. The number of carbonyl (C=O) groups is 2. The highest BCUT2D eigenvalue weighted by Gasteiger charge is 2.15. The highest BCUT2D eigenvalue weighted by atomic mass is 32.1. The molecule has 98 valence electrons. The van der Waals surface area contributed by atoms with E-state index in [0.717, 1.165) is 10.4 Å². The second-order valence-corrected chi connectivity index (χ2v) is 4.65. The first-order valence-corrected chi connectivity index (χ1v) is 6.71. The van der Waals surface area contributed by atoms with Crippen molar-refractivity contribution in [1.82, 2.24) is 5.32 Å². The van der Waals surface area contributed by atoms with Crippen molar-refractivity contribution in [1.29, 1.82) is 0 Å². The van der Waals surface area contributed by atoms with Gasteiger partial charge in [0.15, 0.2) is 0 Å². The van der Waals surface area contributed by atoms with Crippen LogP contribution in [0, 0.1) is 0 Å². The lowest BCUT2D eigenvalue weighted by Crippen LogP contribution is -2.31. The molecule has 0 bridgehead atoms. The Hall–Kier alpha value is -2.14. The van der Waals surface area contributed by atoms with E-state index in [1.807, 2.05) is 29.6 Å². The predicted molar refractivity (Wildman–Crippen MR) is 74.2 cm³/mol. The van der Waals surface area contributed by atoms with Gasteiger partial charge in [0.25, 0.3) is 5.91 Å². The van der Waals surface area contributed by atoms with Crippen LogP contribution in [0.15, 0.2) is 41.8 Å². The van der Waals surface area contributed by atoms with Crippen molar-refractivity contribution in [2.24, 2.45) is 0 Å². The van der Waals surface area contributed by atoms with E-state index in [1.54, 1.807) is 30.4 Å². The van der Waals surface area contributed by atoms with Crippen molar-refractivity contribution < 1.29 is 14.3 Å². The van der Waals surface area contributed by atoms with Gasteiger partial charge >= 0.3 is 6.09 Å². The molecule has 0 aliphatic rings. The second-order valence-electron chi connectivity index (χ2n) is 3.70. The van der Waals surface area contributed by atoms with Crippen LogP contribution < -0.4 is 5.32 Å². The molecule has 5 heteroatoms. The standard InChI is InChI=1S/C14H13NO3S/c1-2-18-14(17)15-13(16)11-7-4-3-6-10(11)12-8-5-9-19-12/h3-9H,2H2,1H3,(H,15,16,17). The van der Waals surface area contributed by atoms with Crippen molar-refractivity contribution in [2.75, 3.05) is 6.61 Å². The molecule has 0 spiro atoms. The molecule has 2 amide bonds. The van der Waals surface area contributed by atoms with Gasteiger partial charge in [-0.3, -0.25) is 10.1 Å². The molecule has 0 fully saturated rings. The quantitative estimate of drug-likeness (QED) is 0.935. The molecular weight excluding hydrogens is 262 g/mol. The molecule has 0 saturated carbocycles. The van der Waals surface area contributed by atoms with Crippen molar-refractivity contribution in [3.05, 3.63) is 47.3 Å². The lowest BCUT2D eigenvalue weighted by molar-refractivity contribution is 0.0925. The Labute approximate surface area is 115 Å². The summed E-state index contributed by atoms with van der Waals surface area (Å²) < 4.78 is 4.70. The molecule has 0 atom stereocenters. The van der Waals surface area contributed by atoms with E-state index in [4.69, 9.17) is 4.74 Å². The van der Waals surface area contributed by atoms with Crippen LogP contribution in [0.1, 0.15) is 17.3 Å². The number of ether oxygens (including phenoxy) is 1. The first-order valence-electron chi connectivity index (χ1n) is 5.83. The summed E-state index contributed by atoms with van der Waals surface area (Å²) in [5.41, 5.74) is 1.26. The van der Waals surface area contributed by atoms with Gasteiger partial charge in [-0.2, -0.15) is 0 Å². The van der Waals surface area contributed by atoms with E-state index in [1.165, 1.54) is 0 Å². The molecule has 2 rings (SSSR count). The number of alkyl carbamates (subject to hydrolysis) is 1. The molecular formula is C14H13NO3S. The largest absolute Gasteiger partial charge is 0.450 e. The Morgan fingerprint density at radius 1 is 1.21 bits per heavy atom. The number of hydrogen-bond acceptors (Lipinski definition) is 4. The Kier molecular flexibility index (Phi) is 4.30.